The van der Waals surface area contributed by atoms with Crippen LogP contribution in [0.25, 0.3) is 0 Å². The molecule has 2 aromatic rings. The van der Waals surface area contributed by atoms with Crippen LogP contribution in [-0.4, -0.2) is 38.7 Å². The van der Waals surface area contributed by atoms with Crippen molar-refractivity contribution in [2.75, 3.05) is 37.1 Å². The Balaban J connectivity index is 1.66. The largest absolute Gasteiger partial charge is 0.493 e. The molecule has 7 heteroatoms. The molecule has 0 aromatic heterocycles. The van der Waals surface area contributed by atoms with Crippen molar-refractivity contribution in [1.82, 2.24) is 0 Å². The number of hydrogen-bond donors (Lipinski definition) is 1. The van der Waals surface area contributed by atoms with Gasteiger partial charge in [0.25, 0.3) is 11.8 Å². The number of nitrogens with zero attached hydrogens (tertiary/aromatic N) is 1. The molecule has 0 spiro atoms. The zero-order valence-corrected chi connectivity index (χ0v) is 16.1. The van der Waals surface area contributed by atoms with Crippen LogP contribution in [0.3, 0.4) is 0 Å². The maximum atomic E-state index is 12.3. The lowest BCUT2D eigenvalue weighted by Crippen LogP contribution is -2.39. The van der Waals surface area contributed by atoms with E-state index in [0.717, 1.165) is 12.8 Å². The molecule has 2 aromatic carbocycles. The van der Waals surface area contributed by atoms with Crippen molar-refractivity contribution in [3.05, 3.63) is 42.5 Å². The van der Waals surface area contributed by atoms with Crippen molar-refractivity contribution >= 4 is 23.2 Å². The molecule has 0 fully saturated rings. The zero-order chi connectivity index (χ0) is 19.9. The number of hydrogen-bond acceptors (Lipinski definition) is 5. The van der Waals surface area contributed by atoms with Gasteiger partial charge in [0.2, 0.25) is 0 Å². The predicted molar refractivity (Wildman–Crippen MR) is 106 cm³/mol. The average molecular weight is 384 g/mol. The van der Waals surface area contributed by atoms with Gasteiger partial charge in [0, 0.05) is 12.2 Å². The smallest absolute Gasteiger partial charge is 0.265 e. The Morgan fingerprint density at radius 1 is 1.21 bits per heavy atom. The molecule has 0 saturated heterocycles. The fourth-order valence-electron chi connectivity index (χ4n) is 2.92. The van der Waals surface area contributed by atoms with E-state index in [1.165, 1.54) is 0 Å². The number of amides is 2. The first-order valence-corrected chi connectivity index (χ1v) is 9.25. The third kappa shape index (κ3) is 4.54. The van der Waals surface area contributed by atoms with Gasteiger partial charge in [-0.15, -0.1) is 0 Å². The topological polar surface area (TPSA) is 77.1 Å². The Morgan fingerprint density at radius 2 is 2.00 bits per heavy atom. The molecule has 2 amide bonds. The number of nitrogens with one attached hydrogen (secondary N) is 1. The fraction of sp³-hybridized carbons (Fsp3) is 0.333. The Hall–Kier alpha value is -3.22. The first-order valence-electron chi connectivity index (χ1n) is 9.25. The van der Waals surface area contributed by atoms with Crippen molar-refractivity contribution in [1.29, 1.82) is 0 Å². The van der Waals surface area contributed by atoms with Gasteiger partial charge in [-0.25, -0.2) is 0 Å². The van der Waals surface area contributed by atoms with Crippen LogP contribution in [0.2, 0.25) is 0 Å². The van der Waals surface area contributed by atoms with Crippen LogP contribution in [0.4, 0.5) is 11.4 Å². The standard InChI is InChI=1S/C21H24N2O5/c1-3-4-11-23-16-12-15(9-10-17(16)28-14-21(23)25)22-20(24)13-27-19-8-6-5-7-18(19)26-2/h5-10,12H,3-4,11,13-14H2,1-2H3,(H,22,24). The Kier molecular flexibility index (Phi) is 6.37. The molecular formula is C21H24N2O5. The van der Waals surface area contributed by atoms with Crippen molar-refractivity contribution in [2.45, 2.75) is 19.8 Å². The Morgan fingerprint density at radius 3 is 2.75 bits per heavy atom. The lowest BCUT2D eigenvalue weighted by atomic mass is 10.2. The summed E-state index contributed by atoms with van der Waals surface area (Å²) >= 11 is 0. The number of rotatable bonds is 8. The molecule has 1 N–H and O–H groups in total. The molecule has 3 rings (SSSR count). The molecule has 0 saturated carbocycles. The van der Waals surface area contributed by atoms with Crippen LogP contribution >= 0.6 is 0 Å². The average Bonchev–Trinajstić information content (AvgIpc) is 2.71. The lowest BCUT2D eigenvalue weighted by Gasteiger charge is -2.29. The van der Waals surface area contributed by atoms with Gasteiger partial charge < -0.3 is 24.4 Å². The second-order valence-corrected chi connectivity index (χ2v) is 6.36. The lowest BCUT2D eigenvalue weighted by molar-refractivity contribution is -0.121. The molecule has 1 aliphatic rings. The quantitative estimate of drug-likeness (QED) is 0.756. The van der Waals surface area contributed by atoms with Crippen LogP contribution in [0.5, 0.6) is 17.2 Å². The highest BCUT2D eigenvalue weighted by atomic mass is 16.5. The second-order valence-electron chi connectivity index (χ2n) is 6.36. The van der Waals surface area contributed by atoms with Gasteiger partial charge in [-0.1, -0.05) is 25.5 Å². The summed E-state index contributed by atoms with van der Waals surface area (Å²) in [5.74, 6) is 1.30. The molecule has 1 heterocycles. The Labute approximate surface area is 164 Å². The number of carbonyl (C=O) groups is 2. The third-order valence-corrected chi connectivity index (χ3v) is 4.35. The van der Waals surface area contributed by atoms with Crippen molar-refractivity contribution < 1.29 is 23.8 Å². The predicted octanol–water partition coefficient (Wildman–Crippen LogP) is 3.24. The van der Waals surface area contributed by atoms with Gasteiger partial charge in [0.05, 0.1) is 12.8 Å². The van der Waals surface area contributed by atoms with E-state index in [0.29, 0.717) is 35.2 Å². The number of ether oxygens (including phenoxy) is 3. The van der Waals surface area contributed by atoms with Crippen molar-refractivity contribution in [3.63, 3.8) is 0 Å². The summed E-state index contributed by atoms with van der Waals surface area (Å²) in [6, 6.07) is 12.4. The number of methoxy groups -OCH3 is 1. The minimum atomic E-state index is -0.311. The van der Waals surface area contributed by atoms with Gasteiger partial charge in [-0.3, -0.25) is 9.59 Å². The van der Waals surface area contributed by atoms with Gasteiger partial charge in [-0.2, -0.15) is 0 Å². The molecule has 1 aliphatic heterocycles. The molecule has 148 valence electrons. The summed E-state index contributed by atoms with van der Waals surface area (Å²) in [5.41, 5.74) is 1.25. The highest BCUT2D eigenvalue weighted by Crippen LogP contribution is 2.34. The van der Waals surface area contributed by atoms with Gasteiger partial charge in [0.1, 0.15) is 5.75 Å². The van der Waals surface area contributed by atoms with Gasteiger partial charge in [-0.05, 0) is 36.8 Å². The first-order chi connectivity index (χ1) is 13.6. The van der Waals surface area contributed by atoms with E-state index < -0.39 is 0 Å². The molecule has 0 unspecified atom stereocenters. The summed E-state index contributed by atoms with van der Waals surface area (Å²) < 4.78 is 16.2. The van der Waals surface area contributed by atoms with E-state index >= 15 is 0 Å². The molecule has 28 heavy (non-hydrogen) atoms. The highest BCUT2D eigenvalue weighted by Gasteiger charge is 2.25. The molecule has 0 bridgehead atoms. The molecule has 0 atom stereocenters. The van der Waals surface area contributed by atoms with Crippen molar-refractivity contribution in [3.8, 4) is 17.2 Å². The number of anilines is 2. The van der Waals surface area contributed by atoms with E-state index in [4.69, 9.17) is 14.2 Å². The van der Waals surface area contributed by atoms with E-state index in [2.05, 4.69) is 12.2 Å². The molecule has 0 radical (unpaired) electrons. The first kappa shape index (κ1) is 19.5. The SMILES string of the molecule is CCCCN1C(=O)COc2ccc(NC(=O)COc3ccccc3OC)cc21. The van der Waals surface area contributed by atoms with E-state index in [1.807, 2.05) is 6.07 Å². The van der Waals surface area contributed by atoms with E-state index in [9.17, 15) is 9.59 Å². The van der Waals surface area contributed by atoms with Crippen LogP contribution < -0.4 is 24.4 Å². The number of para-hydroxylation sites is 2. The third-order valence-electron chi connectivity index (χ3n) is 4.35. The number of benzene rings is 2. The Bertz CT molecular complexity index is 852. The zero-order valence-electron chi connectivity index (χ0n) is 16.1. The van der Waals surface area contributed by atoms with Crippen LogP contribution in [0.1, 0.15) is 19.8 Å². The monoisotopic (exact) mass is 384 g/mol. The minimum Gasteiger partial charge on any atom is -0.493 e. The van der Waals surface area contributed by atoms with Crippen LogP contribution in [0, 0.1) is 0 Å². The summed E-state index contributed by atoms with van der Waals surface area (Å²) in [4.78, 5) is 26.2. The molecule has 7 nitrogen and oxygen atoms in total. The maximum absolute atomic E-state index is 12.3. The summed E-state index contributed by atoms with van der Waals surface area (Å²) in [5, 5.41) is 2.79. The normalized spacial score (nSPS) is 12.8. The van der Waals surface area contributed by atoms with E-state index in [-0.39, 0.29) is 25.0 Å². The minimum absolute atomic E-state index is 0.0369. The number of unbranched alkanes of at least 4 members (excludes halogenated alkanes) is 1. The maximum Gasteiger partial charge on any atom is 0.265 e. The van der Waals surface area contributed by atoms with Crippen LogP contribution in [0.15, 0.2) is 42.5 Å². The highest BCUT2D eigenvalue weighted by molar-refractivity contribution is 5.99. The number of fused-ring (bicyclic) bond motifs is 1. The number of carbonyl (C=O) groups excluding carboxylic acids is 2. The summed E-state index contributed by atoms with van der Waals surface area (Å²) in [6.45, 7) is 2.58. The second kappa shape index (κ2) is 9.12. The van der Waals surface area contributed by atoms with E-state index in [1.54, 1.807) is 48.4 Å². The fourth-order valence-corrected chi connectivity index (χ4v) is 2.92. The summed E-state index contributed by atoms with van der Waals surface area (Å²) in [7, 11) is 1.54. The van der Waals surface area contributed by atoms with Gasteiger partial charge >= 0.3 is 0 Å². The summed E-state index contributed by atoms with van der Waals surface area (Å²) in [6.07, 6.45) is 1.88. The molecule has 0 aliphatic carbocycles. The van der Waals surface area contributed by atoms with Crippen LogP contribution in [-0.2, 0) is 9.59 Å². The van der Waals surface area contributed by atoms with Crippen molar-refractivity contribution in [2.24, 2.45) is 0 Å². The van der Waals surface area contributed by atoms with Gasteiger partial charge in [0.15, 0.2) is 24.7 Å². The molecular weight excluding hydrogens is 360 g/mol.